The summed E-state index contributed by atoms with van der Waals surface area (Å²) in [6, 6.07) is 0. The number of ether oxygens (including phenoxy) is 1. The van der Waals surface area contributed by atoms with Gasteiger partial charge < -0.3 is 9.84 Å². The predicted octanol–water partition coefficient (Wildman–Crippen LogP) is 4.46. The van der Waals surface area contributed by atoms with Crippen LogP contribution in [0, 0.1) is 11.3 Å². The van der Waals surface area contributed by atoms with Gasteiger partial charge in [0, 0.05) is 5.57 Å². The highest BCUT2D eigenvalue weighted by Crippen LogP contribution is 2.42. The van der Waals surface area contributed by atoms with E-state index in [2.05, 4.69) is 19.9 Å². The number of allylic oxidation sites excluding steroid dienone is 8. The third kappa shape index (κ3) is 4.30. The summed E-state index contributed by atoms with van der Waals surface area (Å²) < 4.78 is 5.49. The molecule has 5 nitrogen and oxygen atoms in total. The SMILES string of the molecule is CC[C@H](C)/C=C(C)/C=C/C1=CC2=C(Cl)C(=O)[C@](C)(CC(=O)O)C(=O)C2=CO1. The molecule has 0 unspecified atom stereocenters. The Balaban J connectivity index is 2.36. The molecule has 1 aliphatic carbocycles. The number of Topliss-reactive ketones (excluding diaryl/α,β-unsaturated/α-hetero) is 2. The van der Waals surface area contributed by atoms with Crippen LogP contribution in [0.4, 0.5) is 0 Å². The lowest BCUT2D eigenvalue weighted by Crippen LogP contribution is -2.43. The maximum absolute atomic E-state index is 12.7. The van der Waals surface area contributed by atoms with Gasteiger partial charge in [0.2, 0.25) is 0 Å². The summed E-state index contributed by atoms with van der Waals surface area (Å²) in [4.78, 5) is 36.4. The molecule has 6 heteroatoms. The van der Waals surface area contributed by atoms with E-state index in [1.54, 1.807) is 6.08 Å². The number of carbonyl (C=O) groups is 3. The molecule has 0 aromatic carbocycles. The maximum Gasteiger partial charge on any atom is 0.304 e. The van der Waals surface area contributed by atoms with Crippen LogP contribution in [0.3, 0.4) is 0 Å². The zero-order chi connectivity index (χ0) is 20.4. The third-order valence-corrected chi connectivity index (χ3v) is 5.15. The summed E-state index contributed by atoms with van der Waals surface area (Å²) in [6.07, 6.45) is 8.93. The van der Waals surface area contributed by atoms with Crippen molar-refractivity contribution >= 4 is 29.1 Å². The van der Waals surface area contributed by atoms with Crippen LogP contribution in [0.25, 0.3) is 0 Å². The molecule has 0 aromatic heterocycles. The molecule has 0 bridgehead atoms. The summed E-state index contributed by atoms with van der Waals surface area (Å²) in [6.45, 7) is 7.51. The van der Waals surface area contributed by atoms with Gasteiger partial charge in [-0.25, -0.2) is 0 Å². The molecule has 2 rings (SSSR count). The molecule has 0 fully saturated rings. The van der Waals surface area contributed by atoms with Crippen molar-refractivity contribution in [3.8, 4) is 0 Å². The maximum atomic E-state index is 12.7. The van der Waals surface area contributed by atoms with Gasteiger partial charge in [0.25, 0.3) is 0 Å². The van der Waals surface area contributed by atoms with E-state index in [1.165, 1.54) is 19.3 Å². The molecule has 1 N–H and O–H groups in total. The van der Waals surface area contributed by atoms with Crippen molar-refractivity contribution in [1.29, 1.82) is 0 Å². The van der Waals surface area contributed by atoms with E-state index >= 15 is 0 Å². The van der Waals surface area contributed by atoms with E-state index in [0.717, 1.165) is 12.0 Å². The molecule has 1 heterocycles. The number of fused-ring (bicyclic) bond motifs is 1. The Morgan fingerprint density at radius 2 is 2.04 bits per heavy atom. The monoisotopic (exact) mass is 390 g/mol. The van der Waals surface area contributed by atoms with Crippen LogP contribution in [0.1, 0.15) is 40.5 Å². The average Bonchev–Trinajstić information content (AvgIpc) is 2.62. The zero-order valence-electron chi connectivity index (χ0n) is 15.8. The fourth-order valence-corrected chi connectivity index (χ4v) is 3.32. The van der Waals surface area contributed by atoms with E-state index in [-0.39, 0.29) is 16.2 Å². The van der Waals surface area contributed by atoms with Crippen LogP contribution >= 0.6 is 11.6 Å². The standard InChI is InChI=1S/C21H23ClO5/c1-5-12(2)8-13(3)6-7-14-9-15-16(11-27-14)19(25)21(4,10-17(23)24)20(26)18(15)22/h6-9,11-12H,5,10H2,1-4H3,(H,23,24)/b7-6+,13-8+/t12-,21+/m0/s1. The number of carboxylic acids is 1. The molecular formula is C21H23ClO5. The largest absolute Gasteiger partial charge is 0.481 e. The smallest absolute Gasteiger partial charge is 0.304 e. The molecule has 0 amide bonds. The highest BCUT2D eigenvalue weighted by Gasteiger charge is 2.50. The minimum atomic E-state index is -1.72. The summed E-state index contributed by atoms with van der Waals surface area (Å²) in [5.41, 5.74) is -0.275. The molecule has 27 heavy (non-hydrogen) atoms. The van der Waals surface area contributed by atoms with Gasteiger partial charge in [0.05, 0.1) is 17.0 Å². The zero-order valence-corrected chi connectivity index (χ0v) is 16.6. The lowest BCUT2D eigenvalue weighted by molar-refractivity contribution is -0.147. The molecule has 0 spiro atoms. The van der Waals surface area contributed by atoms with Gasteiger partial charge in [0.15, 0.2) is 11.6 Å². The molecule has 2 atom stereocenters. The second-order valence-corrected chi connectivity index (χ2v) is 7.49. The van der Waals surface area contributed by atoms with Gasteiger partial charge in [-0.15, -0.1) is 0 Å². The molecule has 0 saturated carbocycles. The van der Waals surface area contributed by atoms with Crippen LogP contribution < -0.4 is 0 Å². The highest BCUT2D eigenvalue weighted by molar-refractivity contribution is 6.48. The Kier molecular flexibility index (Phi) is 6.26. The number of aliphatic carboxylic acids is 1. The number of rotatable bonds is 6. The first kappa shape index (κ1) is 20.9. The molecule has 144 valence electrons. The van der Waals surface area contributed by atoms with Crippen LogP contribution in [0.2, 0.25) is 0 Å². The fourth-order valence-electron chi connectivity index (χ4n) is 2.95. The molecule has 0 saturated heterocycles. The predicted molar refractivity (Wildman–Crippen MR) is 103 cm³/mol. The topological polar surface area (TPSA) is 80.7 Å². The summed E-state index contributed by atoms with van der Waals surface area (Å²) >= 11 is 6.20. The van der Waals surface area contributed by atoms with E-state index in [9.17, 15) is 14.4 Å². The Morgan fingerprint density at radius 1 is 1.37 bits per heavy atom. The van der Waals surface area contributed by atoms with Crippen LogP contribution in [-0.4, -0.2) is 22.6 Å². The van der Waals surface area contributed by atoms with E-state index in [4.69, 9.17) is 21.4 Å². The van der Waals surface area contributed by atoms with Gasteiger partial charge in [-0.1, -0.05) is 49.6 Å². The van der Waals surface area contributed by atoms with Gasteiger partial charge in [-0.05, 0) is 31.9 Å². The van der Waals surface area contributed by atoms with Gasteiger partial charge in [0.1, 0.15) is 17.4 Å². The minimum Gasteiger partial charge on any atom is -0.481 e. The Morgan fingerprint density at radius 3 is 2.63 bits per heavy atom. The lowest BCUT2D eigenvalue weighted by Gasteiger charge is -2.32. The number of ketones is 2. The molecule has 0 radical (unpaired) electrons. The number of hydrogen-bond donors (Lipinski definition) is 1. The van der Waals surface area contributed by atoms with Crippen molar-refractivity contribution < 1.29 is 24.2 Å². The lowest BCUT2D eigenvalue weighted by atomic mass is 9.69. The van der Waals surface area contributed by atoms with Crippen molar-refractivity contribution in [3.05, 3.63) is 58.1 Å². The van der Waals surface area contributed by atoms with Crippen LogP contribution in [-0.2, 0) is 19.1 Å². The van der Waals surface area contributed by atoms with Gasteiger partial charge in [-0.3, -0.25) is 14.4 Å². The highest BCUT2D eigenvalue weighted by atomic mass is 35.5. The molecule has 0 aromatic rings. The first-order valence-corrected chi connectivity index (χ1v) is 9.14. The van der Waals surface area contributed by atoms with Crippen LogP contribution in [0.15, 0.2) is 58.1 Å². The molecular weight excluding hydrogens is 368 g/mol. The number of hydrogen-bond acceptors (Lipinski definition) is 4. The second-order valence-electron chi connectivity index (χ2n) is 7.11. The number of halogens is 1. The Labute approximate surface area is 163 Å². The first-order valence-electron chi connectivity index (χ1n) is 8.76. The summed E-state index contributed by atoms with van der Waals surface area (Å²) in [7, 11) is 0. The molecule has 1 aliphatic heterocycles. The van der Waals surface area contributed by atoms with E-state index in [0.29, 0.717) is 11.7 Å². The average molecular weight is 391 g/mol. The van der Waals surface area contributed by atoms with Crippen molar-refractivity contribution in [1.82, 2.24) is 0 Å². The van der Waals surface area contributed by atoms with Crippen molar-refractivity contribution in [2.24, 2.45) is 11.3 Å². The Bertz CT molecular complexity index is 841. The van der Waals surface area contributed by atoms with Crippen molar-refractivity contribution in [3.63, 3.8) is 0 Å². The summed E-state index contributed by atoms with van der Waals surface area (Å²) in [5, 5.41) is 8.90. The quantitative estimate of drug-likeness (QED) is 0.535. The number of carbonyl (C=O) groups excluding carboxylic acids is 2. The van der Waals surface area contributed by atoms with Crippen molar-refractivity contribution in [2.45, 2.75) is 40.5 Å². The molecule has 2 aliphatic rings. The van der Waals surface area contributed by atoms with E-state index < -0.39 is 29.4 Å². The summed E-state index contributed by atoms with van der Waals surface area (Å²) in [5.74, 6) is -1.63. The number of carboxylic acid groups (broad SMARTS) is 1. The van der Waals surface area contributed by atoms with Crippen molar-refractivity contribution in [2.75, 3.05) is 0 Å². The van der Waals surface area contributed by atoms with Gasteiger partial charge >= 0.3 is 5.97 Å². The third-order valence-electron chi connectivity index (χ3n) is 4.78. The Hall–Kier alpha value is -2.40. The minimum absolute atomic E-state index is 0.118. The van der Waals surface area contributed by atoms with Crippen LogP contribution in [0.5, 0.6) is 0 Å². The first-order chi connectivity index (χ1) is 12.6. The second kappa shape index (κ2) is 8.09. The normalized spacial score (nSPS) is 24.4. The fraction of sp³-hybridized carbons (Fsp3) is 0.381. The van der Waals surface area contributed by atoms with E-state index in [1.807, 2.05) is 13.0 Å². The van der Waals surface area contributed by atoms with Gasteiger partial charge in [-0.2, -0.15) is 0 Å².